The van der Waals surface area contributed by atoms with Gasteiger partial charge in [-0.25, -0.2) is 0 Å². The first-order chi connectivity index (χ1) is 10.6. The van der Waals surface area contributed by atoms with E-state index in [-0.39, 0.29) is 18.1 Å². The van der Waals surface area contributed by atoms with Gasteiger partial charge in [-0.05, 0) is 25.5 Å². The van der Waals surface area contributed by atoms with E-state index in [1.165, 1.54) is 12.1 Å². The first-order valence-corrected chi connectivity index (χ1v) is 8.57. The molecule has 0 saturated carbocycles. The quantitative estimate of drug-likeness (QED) is 0.429. The molecule has 0 spiro atoms. The molecule has 6 nitrogen and oxygen atoms in total. The second-order valence-electron chi connectivity index (χ2n) is 4.66. The predicted molar refractivity (Wildman–Crippen MR) is 82.4 cm³/mol. The van der Waals surface area contributed by atoms with Crippen LogP contribution in [0.5, 0.6) is 0 Å². The van der Waals surface area contributed by atoms with E-state index in [0.29, 0.717) is 26.4 Å². The lowest BCUT2D eigenvalue weighted by molar-refractivity contribution is 0.0463. The van der Waals surface area contributed by atoms with Crippen molar-refractivity contribution in [3.63, 3.8) is 0 Å². The average Bonchev–Trinajstić information content (AvgIpc) is 2.49. The highest BCUT2D eigenvalue weighted by atomic mass is 32.2. The van der Waals surface area contributed by atoms with Crippen molar-refractivity contribution in [3.8, 4) is 0 Å². The lowest BCUT2D eigenvalue weighted by atomic mass is 10.2. The molecule has 0 heterocycles. The molecule has 1 aromatic carbocycles. The van der Waals surface area contributed by atoms with Gasteiger partial charge in [0.2, 0.25) is 0 Å². The van der Waals surface area contributed by atoms with Crippen molar-refractivity contribution in [1.29, 1.82) is 0 Å². The summed E-state index contributed by atoms with van der Waals surface area (Å²) in [6, 6.07) is 6.53. The van der Waals surface area contributed by atoms with Gasteiger partial charge in [-0.1, -0.05) is 17.7 Å². The molecule has 0 aliphatic heterocycles. The monoisotopic (exact) mass is 332 g/mol. The van der Waals surface area contributed by atoms with Crippen LogP contribution in [0.15, 0.2) is 29.2 Å². The molecule has 0 N–H and O–H groups in total. The lowest BCUT2D eigenvalue weighted by Crippen LogP contribution is -2.12. The van der Waals surface area contributed by atoms with Crippen molar-refractivity contribution < 1.29 is 26.8 Å². The Bertz CT molecular complexity index is 497. The molecule has 126 valence electrons. The molecule has 7 heteroatoms. The van der Waals surface area contributed by atoms with Gasteiger partial charge in [-0.15, -0.1) is 0 Å². The largest absolute Gasteiger partial charge is 0.382 e. The summed E-state index contributed by atoms with van der Waals surface area (Å²) in [5.74, 6) is 0. The Morgan fingerprint density at radius 3 is 2.05 bits per heavy atom. The summed E-state index contributed by atoms with van der Waals surface area (Å²) in [5, 5.41) is 0. The predicted octanol–water partition coefficient (Wildman–Crippen LogP) is 1.77. The van der Waals surface area contributed by atoms with Gasteiger partial charge in [0, 0.05) is 20.3 Å². The van der Waals surface area contributed by atoms with Crippen molar-refractivity contribution >= 4 is 10.1 Å². The van der Waals surface area contributed by atoms with E-state index in [4.69, 9.17) is 18.4 Å². The zero-order valence-corrected chi connectivity index (χ0v) is 13.9. The summed E-state index contributed by atoms with van der Waals surface area (Å²) in [4.78, 5) is 0.157. The molecule has 0 aromatic heterocycles. The van der Waals surface area contributed by atoms with Crippen LogP contribution >= 0.6 is 0 Å². The summed E-state index contributed by atoms with van der Waals surface area (Å²) in [6.07, 6.45) is 0.744. The van der Waals surface area contributed by atoms with Crippen molar-refractivity contribution in [2.75, 3.05) is 46.8 Å². The SMILES string of the molecule is COCCOCCCOCCOS(=O)(=O)c1ccc(C)cc1. The van der Waals surface area contributed by atoms with E-state index >= 15 is 0 Å². The van der Waals surface area contributed by atoms with Crippen LogP contribution in [0.2, 0.25) is 0 Å². The number of rotatable bonds is 12. The highest BCUT2D eigenvalue weighted by molar-refractivity contribution is 7.86. The van der Waals surface area contributed by atoms with Gasteiger partial charge in [0.1, 0.15) is 0 Å². The normalized spacial score (nSPS) is 11.7. The third kappa shape index (κ3) is 7.86. The number of ether oxygens (including phenoxy) is 3. The van der Waals surface area contributed by atoms with Crippen molar-refractivity contribution in [2.45, 2.75) is 18.2 Å². The molecule has 1 rings (SSSR count). The van der Waals surface area contributed by atoms with Gasteiger partial charge in [0.15, 0.2) is 0 Å². The average molecular weight is 332 g/mol. The smallest absolute Gasteiger partial charge is 0.297 e. The van der Waals surface area contributed by atoms with E-state index in [0.717, 1.165) is 12.0 Å². The molecule has 0 atom stereocenters. The van der Waals surface area contributed by atoms with Crippen LogP contribution in [-0.2, 0) is 28.5 Å². The van der Waals surface area contributed by atoms with E-state index < -0.39 is 10.1 Å². The third-order valence-corrected chi connectivity index (χ3v) is 4.11. The first kappa shape index (κ1) is 19.1. The molecule has 1 aromatic rings. The molecule has 0 fully saturated rings. The lowest BCUT2D eigenvalue weighted by Gasteiger charge is -2.07. The minimum atomic E-state index is -3.70. The van der Waals surface area contributed by atoms with Gasteiger partial charge in [-0.3, -0.25) is 4.18 Å². The molecule has 0 bridgehead atoms. The van der Waals surface area contributed by atoms with Crippen LogP contribution in [0.1, 0.15) is 12.0 Å². The Morgan fingerprint density at radius 1 is 0.864 bits per heavy atom. The maximum atomic E-state index is 11.9. The van der Waals surface area contributed by atoms with Gasteiger partial charge in [0.25, 0.3) is 10.1 Å². The van der Waals surface area contributed by atoms with Crippen LogP contribution in [0.4, 0.5) is 0 Å². The van der Waals surface area contributed by atoms with E-state index in [2.05, 4.69) is 0 Å². The van der Waals surface area contributed by atoms with Gasteiger partial charge in [-0.2, -0.15) is 8.42 Å². The van der Waals surface area contributed by atoms with E-state index in [1.807, 2.05) is 6.92 Å². The number of benzene rings is 1. The maximum Gasteiger partial charge on any atom is 0.297 e. The molecule has 0 radical (unpaired) electrons. The summed E-state index contributed by atoms with van der Waals surface area (Å²) in [6.45, 7) is 4.35. The van der Waals surface area contributed by atoms with Gasteiger partial charge >= 0.3 is 0 Å². The number of methoxy groups -OCH3 is 1. The minimum absolute atomic E-state index is 0.000736. The molecule has 22 heavy (non-hydrogen) atoms. The minimum Gasteiger partial charge on any atom is -0.382 e. The van der Waals surface area contributed by atoms with E-state index in [9.17, 15) is 8.42 Å². The fourth-order valence-electron chi connectivity index (χ4n) is 1.59. The summed E-state index contributed by atoms with van der Waals surface area (Å²) >= 11 is 0. The van der Waals surface area contributed by atoms with Crippen LogP contribution < -0.4 is 0 Å². The Labute approximate surface area is 132 Å². The topological polar surface area (TPSA) is 71.1 Å². The molecular formula is C15H24O6S. The number of hydrogen-bond acceptors (Lipinski definition) is 6. The molecular weight excluding hydrogens is 308 g/mol. The summed E-state index contributed by atoms with van der Waals surface area (Å²) < 4.78 is 44.1. The highest BCUT2D eigenvalue weighted by Gasteiger charge is 2.14. The fraction of sp³-hybridized carbons (Fsp3) is 0.600. The van der Waals surface area contributed by atoms with Crippen molar-refractivity contribution in [1.82, 2.24) is 0 Å². The Balaban J connectivity index is 2.10. The fourth-order valence-corrected chi connectivity index (χ4v) is 2.48. The van der Waals surface area contributed by atoms with Crippen molar-refractivity contribution in [3.05, 3.63) is 29.8 Å². The van der Waals surface area contributed by atoms with Crippen LogP contribution in [0.25, 0.3) is 0 Å². The maximum absolute atomic E-state index is 11.9. The van der Waals surface area contributed by atoms with Gasteiger partial charge < -0.3 is 14.2 Å². The van der Waals surface area contributed by atoms with Crippen LogP contribution in [0, 0.1) is 6.92 Å². The Kier molecular flexibility index (Phi) is 9.26. The first-order valence-electron chi connectivity index (χ1n) is 7.17. The molecule has 0 saturated heterocycles. The zero-order chi connectivity index (χ0) is 16.3. The standard InChI is InChI=1S/C15H24O6S/c1-14-4-6-15(7-5-14)22(16,17)21-13-12-20-9-3-8-19-11-10-18-2/h4-7H,3,8-13H2,1-2H3. The van der Waals surface area contributed by atoms with Crippen molar-refractivity contribution in [2.24, 2.45) is 0 Å². The highest BCUT2D eigenvalue weighted by Crippen LogP contribution is 2.12. The van der Waals surface area contributed by atoms with E-state index in [1.54, 1.807) is 19.2 Å². The van der Waals surface area contributed by atoms with Crippen LogP contribution in [0.3, 0.4) is 0 Å². The third-order valence-electron chi connectivity index (χ3n) is 2.78. The Hall–Kier alpha value is -0.990. The Morgan fingerprint density at radius 2 is 1.45 bits per heavy atom. The molecule has 0 aliphatic carbocycles. The zero-order valence-electron chi connectivity index (χ0n) is 13.1. The number of aryl methyl sites for hydroxylation is 1. The number of hydrogen-bond donors (Lipinski definition) is 0. The molecule has 0 aliphatic rings. The second kappa shape index (κ2) is 10.7. The van der Waals surface area contributed by atoms with Gasteiger partial charge in [0.05, 0.1) is 31.3 Å². The second-order valence-corrected chi connectivity index (χ2v) is 6.28. The summed E-state index contributed by atoms with van der Waals surface area (Å²) in [7, 11) is -2.08. The molecule has 0 amide bonds. The summed E-state index contributed by atoms with van der Waals surface area (Å²) in [5.41, 5.74) is 0.995. The molecule has 0 unspecified atom stereocenters. The van der Waals surface area contributed by atoms with Crippen LogP contribution in [-0.4, -0.2) is 55.2 Å².